The number of nitrogens with zero attached hydrogens (tertiary/aromatic N) is 3. The van der Waals surface area contributed by atoms with Crippen molar-refractivity contribution in [2.75, 3.05) is 5.32 Å². The Bertz CT molecular complexity index is 1090. The molecule has 1 atom stereocenters. The maximum absolute atomic E-state index is 13.1. The van der Waals surface area contributed by atoms with Crippen LogP contribution in [-0.2, 0) is 11.3 Å². The van der Waals surface area contributed by atoms with Crippen LogP contribution in [0.3, 0.4) is 0 Å². The van der Waals surface area contributed by atoms with E-state index >= 15 is 0 Å². The van der Waals surface area contributed by atoms with Crippen LogP contribution in [0.25, 0.3) is 10.9 Å². The summed E-state index contributed by atoms with van der Waals surface area (Å²) in [4.78, 5) is 30.2. The molecule has 1 aromatic carbocycles. The summed E-state index contributed by atoms with van der Waals surface area (Å²) in [6, 6.07) is 6.68. The summed E-state index contributed by atoms with van der Waals surface area (Å²) in [6.45, 7) is 8.25. The maximum atomic E-state index is 13.1. The molecule has 154 valence electrons. The van der Waals surface area contributed by atoms with E-state index in [4.69, 9.17) is 16.1 Å². The minimum absolute atomic E-state index is 0.131. The summed E-state index contributed by atoms with van der Waals surface area (Å²) in [6.07, 6.45) is 0.826. The number of carbonyl (C=O) groups excluding carboxylic acids is 1. The van der Waals surface area contributed by atoms with Crippen molar-refractivity contribution in [3.8, 4) is 0 Å². The number of halogens is 1. The van der Waals surface area contributed by atoms with Gasteiger partial charge in [0.25, 0.3) is 5.56 Å². The Kier molecular flexibility index (Phi) is 6.64. The van der Waals surface area contributed by atoms with Gasteiger partial charge in [-0.3, -0.25) is 19.5 Å². The fraction of sp³-hybridized carbons (Fsp3) is 0.400. The number of hydrogen-bond acceptors (Lipinski definition) is 6. The number of fused-ring (bicyclic) bond motifs is 1. The molecule has 7 nitrogen and oxygen atoms in total. The van der Waals surface area contributed by atoms with E-state index in [1.54, 1.807) is 42.7 Å². The van der Waals surface area contributed by atoms with Gasteiger partial charge in [-0.1, -0.05) is 42.4 Å². The third-order valence-electron chi connectivity index (χ3n) is 4.34. The maximum Gasteiger partial charge on any atom is 0.262 e. The number of amides is 1. The average molecular weight is 435 g/mol. The average Bonchev–Trinajstić information content (AvgIpc) is 3.05. The Morgan fingerprint density at radius 2 is 2.07 bits per heavy atom. The van der Waals surface area contributed by atoms with Crippen LogP contribution >= 0.6 is 23.4 Å². The largest absolute Gasteiger partial charge is 0.338 e. The molecule has 2 aromatic heterocycles. The molecule has 1 N–H and O–H groups in total. The molecular weight excluding hydrogens is 412 g/mol. The van der Waals surface area contributed by atoms with Gasteiger partial charge in [0.1, 0.15) is 0 Å². The van der Waals surface area contributed by atoms with Crippen molar-refractivity contribution >= 4 is 46.1 Å². The third kappa shape index (κ3) is 5.19. The van der Waals surface area contributed by atoms with Gasteiger partial charge < -0.3 is 4.52 Å². The first-order valence-electron chi connectivity index (χ1n) is 9.35. The first-order valence-corrected chi connectivity index (χ1v) is 10.6. The SMILES string of the molecule is Cc1cc(NC(=O)C(C)Sc2nc3cc(Cl)ccc3c(=O)n2CCC(C)C)on1. The molecule has 0 radical (unpaired) electrons. The summed E-state index contributed by atoms with van der Waals surface area (Å²) in [5.41, 5.74) is 1.06. The van der Waals surface area contributed by atoms with Gasteiger partial charge in [-0.15, -0.1) is 0 Å². The first kappa shape index (κ1) is 21.4. The van der Waals surface area contributed by atoms with Crippen LogP contribution in [0.15, 0.2) is 38.7 Å². The minimum atomic E-state index is -0.505. The molecule has 0 aliphatic carbocycles. The third-order valence-corrected chi connectivity index (χ3v) is 5.66. The number of benzene rings is 1. The second kappa shape index (κ2) is 9.00. The van der Waals surface area contributed by atoms with Crippen molar-refractivity contribution in [1.82, 2.24) is 14.7 Å². The van der Waals surface area contributed by atoms with Crippen LogP contribution in [0.2, 0.25) is 5.02 Å². The lowest BCUT2D eigenvalue weighted by Gasteiger charge is -2.16. The van der Waals surface area contributed by atoms with Crippen molar-refractivity contribution in [1.29, 1.82) is 0 Å². The molecule has 1 unspecified atom stereocenters. The Labute approximate surface area is 177 Å². The summed E-state index contributed by atoms with van der Waals surface area (Å²) >= 11 is 7.30. The fourth-order valence-electron chi connectivity index (χ4n) is 2.71. The molecule has 0 aliphatic heterocycles. The van der Waals surface area contributed by atoms with Crippen LogP contribution < -0.4 is 10.9 Å². The van der Waals surface area contributed by atoms with Crippen molar-refractivity contribution < 1.29 is 9.32 Å². The topological polar surface area (TPSA) is 90.0 Å². The van der Waals surface area contributed by atoms with Gasteiger partial charge in [0.15, 0.2) is 5.16 Å². The predicted molar refractivity (Wildman–Crippen MR) is 116 cm³/mol. The molecule has 29 heavy (non-hydrogen) atoms. The normalized spacial score (nSPS) is 12.5. The van der Waals surface area contributed by atoms with E-state index in [0.29, 0.717) is 39.2 Å². The summed E-state index contributed by atoms with van der Waals surface area (Å²) in [7, 11) is 0. The molecule has 9 heteroatoms. The van der Waals surface area contributed by atoms with E-state index in [1.165, 1.54) is 11.8 Å². The lowest BCUT2D eigenvalue weighted by molar-refractivity contribution is -0.115. The number of nitrogens with one attached hydrogen (secondary N) is 1. The Morgan fingerprint density at radius 3 is 2.72 bits per heavy atom. The zero-order chi connectivity index (χ0) is 21.1. The number of anilines is 1. The van der Waals surface area contributed by atoms with E-state index in [9.17, 15) is 9.59 Å². The number of rotatable bonds is 7. The highest BCUT2D eigenvalue weighted by Crippen LogP contribution is 2.25. The van der Waals surface area contributed by atoms with E-state index in [-0.39, 0.29) is 17.4 Å². The van der Waals surface area contributed by atoms with Crippen molar-refractivity contribution in [2.24, 2.45) is 5.92 Å². The minimum Gasteiger partial charge on any atom is -0.338 e. The zero-order valence-corrected chi connectivity index (χ0v) is 18.3. The van der Waals surface area contributed by atoms with E-state index in [1.807, 2.05) is 0 Å². The molecular formula is C20H23ClN4O3S. The second-order valence-electron chi connectivity index (χ2n) is 7.28. The van der Waals surface area contributed by atoms with Gasteiger partial charge in [0.2, 0.25) is 11.8 Å². The predicted octanol–water partition coefficient (Wildman–Crippen LogP) is 4.51. The molecule has 0 saturated carbocycles. The number of aromatic nitrogens is 3. The lowest BCUT2D eigenvalue weighted by atomic mass is 10.1. The highest BCUT2D eigenvalue weighted by Gasteiger charge is 2.21. The summed E-state index contributed by atoms with van der Waals surface area (Å²) in [5, 5.41) is 7.44. The number of aryl methyl sites for hydroxylation is 1. The van der Waals surface area contributed by atoms with Crippen molar-refractivity contribution in [2.45, 2.75) is 51.1 Å². The van der Waals surface area contributed by atoms with Crippen molar-refractivity contribution in [3.63, 3.8) is 0 Å². The van der Waals surface area contributed by atoms with E-state index < -0.39 is 5.25 Å². The lowest BCUT2D eigenvalue weighted by Crippen LogP contribution is -2.27. The summed E-state index contributed by atoms with van der Waals surface area (Å²) < 4.78 is 6.68. The molecule has 0 spiro atoms. The number of hydrogen-bond donors (Lipinski definition) is 1. The Morgan fingerprint density at radius 1 is 1.31 bits per heavy atom. The highest BCUT2D eigenvalue weighted by atomic mass is 35.5. The molecule has 0 aliphatic rings. The van der Waals surface area contributed by atoms with Crippen LogP contribution in [0.4, 0.5) is 5.88 Å². The number of thioether (sulfide) groups is 1. The summed E-state index contributed by atoms with van der Waals surface area (Å²) in [5.74, 6) is 0.452. The van der Waals surface area contributed by atoms with E-state index in [0.717, 1.165) is 6.42 Å². The first-order chi connectivity index (χ1) is 13.7. The smallest absolute Gasteiger partial charge is 0.262 e. The van der Waals surface area contributed by atoms with Gasteiger partial charge in [0, 0.05) is 17.6 Å². The molecule has 3 aromatic rings. The quantitative estimate of drug-likeness (QED) is 0.434. The van der Waals surface area contributed by atoms with Crippen molar-refractivity contribution in [3.05, 3.63) is 45.3 Å². The molecule has 1 amide bonds. The standard InChI is InChI=1S/C20H23ClN4O3S/c1-11(2)7-8-25-19(27)15-6-5-14(21)10-16(15)22-20(25)29-13(4)18(26)23-17-9-12(3)24-28-17/h5-6,9-11,13H,7-8H2,1-4H3,(H,23,26). The molecule has 0 bridgehead atoms. The molecule has 0 saturated heterocycles. The van der Waals surface area contributed by atoms with Crippen LogP contribution in [-0.4, -0.2) is 25.9 Å². The molecule has 0 fully saturated rings. The second-order valence-corrected chi connectivity index (χ2v) is 9.02. The fourth-order valence-corrected chi connectivity index (χ4v) is 3.81. The number of carbonyl (C=O) groups is 1. The van der Waals surface area contributed by atoms with Gasteiger partial charge in [0.05, 0.1) is 21.8 Å². The highest BCUT2D eigenvalue weighted by molar-refractivity contribution is 8.00. The molecule has 2 heterocycles. The van der Waals surface area contributed by atoms with Gasteiger partial charge >= 0.3 is 0 Å². The molecule has 3 rings (SSSR count). The van der Waals surface area contributed by atoms with Crippen LogP contribution in [0.1, 0.15) is 32.9 Å². The van der Waals surface area contributed by atoms with Gasteiger partial charge in [-0.25, -0.2) is 4.98 Å². The monoisotopic (exact) mass is 434 g/mol. The Hall–Kier alpha value is -2.32. The zero-order valence-electron chi connectivity index (χ0n) is 16.7. The van der Waals surface area contributed by atoms with Gasteiger partial charge in [-0.2, -0.15) is 0 Å². The van der Waals surface area contributed by atoms with Crippen LogP contribution in [0, 0.1) is 12.8 Å². The Balaban J connectivity index is 1.91. The van der Waals surface area contributed by atoms with E-state index in [2.05, 4.69) is 29.3 Å². The van der Waals surface area contributed by atoms with Crippen LogP contribution in [0.5, 0.6) is 0 Å². The van der Waals surface area contributed by atoms with Gasteiger partial charge in [-0.05, 0) is 44.4 Å².